The molecule has 2 fully saturated rings. The van der Waals surface area contributed by atoms with Crippen molar-refractivity contribution in [3.63, 3.8) is 0 Å². The third-order valence-electron chi connectivity index (χ3n) is 4.94. The summed E-state index contributed by atoms with van der Waals surface area (Å²) in [4.78, 5) is 4.17. The van der Waals surface area contributed by atoms with Crippen LogP contribution < -0.4 is 10.2 Å². The first-order valence-electron chi connectivity index (χ1n) is 8.68. The highest BCUT2D eigenvalue weighted by molar-refractivity contribution is 5.40. The molecule has 0 aromatic carbocycles. The van der Waals surface area contributed by atoms with Gasteiger partial charge in [0.2, 0.25) is 0 Å². The first kappa shape index (κ1) is 16.6. The molecule has 2 N–H and O–H groups in total. The molecule has 0 radical (unpaired) electrons. The fourth-order valence-corrected chi connectivity index (χ4v) is 3.48. The van der Waals surface area contributed by atoms with Crippen molar-refractivity contribution in [1.29, 1.82) is 0 Å². The highest BCUT2D eigenvalue weighted by atomic mass is 19.3. The molecule has 23 heavy (non-hydrogen) atoms. The Labute approximate surface area is 136 Å². The summed E-state index contributed by atoms with van der Waals surface area (Å²) in [5, 5.41) is 10.9. The van der Waals surface area contributed by atoms with Crippen LogP contribution in [-0.2, 0) is 0 Å². The van der Waals surface area contributed by atoms with Gasteiger partial charge in [0.1, 0.15) is 0 Å². The maximum absolute atomic E-state index is 13.6. The lowest BCUT2D eigenvalue weighted by atomic mass is 9.94. The number of alkyl halides is 2. The molecule has 5 nitrogen and oxygen atoms in total. The number of likely N-dealkylation sites (tertiary alicyclic amines) is 1. The van der Waals surface area contributed by atoms with Gasteiger partial charge in [0.15, 0.2) is 5.82 Å². The molecule has 0 aliphatic carbocycles. The second-order valence-corrected chi connectivity index (χ2v) is 6.70. The van der Waals surface area contributed by atoms with Gasteiger partial charge in [0.25, 0.3) is 5.92 Å². The molecule has 3 heterocycles. The number of aromatic nitrogens is 2. The maximum Gasteiger partial charge on any atom is 0.260 e. The highest BCUT2D eigenvalue weighted by Crippen LogP contribution is 2.30. The number of rotatable bonds is 5. The van der Waals surface area contributed by atoms with Crippen LogP contribution in [0.2, 0.25) is 0 Å². The van der Waals surface area contributed by atoms with Crippen molar-refractivity contribution in [1.82, 2.24) is 20.4 Å². The lowest BCUT2D eigenvalue weighted by Crippen LogP contribution is -2.43. The third kappa shape index (κ3) is 4.20. The maximum atomic E-state index is 13.6. The zero-order valence-corrected chi connectivity index (χ0v) is 13.8. The second-order valence-electron chi connectivity index (χ2n) is 6.70. The summed E-state index contributed by atoms with van der Waals surface area (Å²) in [6.07, 6.45) is 1.91. The van der Waals surface area contributed by atoms with Crippen LogP contribution in [0, 0.1) is 0 Å². The number of hydrogen-bond acceptors (Lipinski definition) is 4. The van der Waals surface area contributed by atoms with E-state index in [2.05, 4.69) is 26.5 Å². The summed E-state index contributed by atoms with van der Waals surface area (Å²) in [5.74, 6) is -1.32. The molecule has 2 aliphatic heterocycles. The number of halogens is 2. The van der Waals surface area contributed by atoms with Crippen molar-refractivity contribution in [3.05, 3.63) is 11.8 Å². The van der Waals surface area contributed by atoms with Gasteiger partial charge in [0.05, 0.1) is 6.54 Å². The van der Waals surface area contributed by atoms with Crippen molar-refractivity contribution in [2.75, 3.05) is 50.7 Å². The number of aromatic amines is 1. The molecule has 7 heteroatoms. The van der Waals surface area contributed by atoms with Gasteiger partial charge in [-0.15, -0.1) is 0 Å². The molecule has 0 amide bonds. The van der Waals surface area contributed by atoms with E-state index in [1.54, 1.807) is 6.92 Å². The molecule has 130 valence electrons. The van der Waals surface area contributed by atoms with E-state index in [9.17, 15) is 8.78 Å². The van der Waals surface area contributed by atoms with Crippen LogP contribution in [0.3, 0.4) is 0 Å². The second kappa shape index (κ2) is 7.13. The monoisotopic (exact) mass is 327 g/mol. The molecular formula is C16H27F2N5. The lowest BCUT2D eigenvalue weighted by Gasteiger charge is -2.34. The van der Waals surface area contributed by atoms with Gasteiger partial charge < -0.3 is 10.2 Å². The average molecular weight is 327 g/mol. The molecular weight excluding hydrogens is 300 g/mol. The summed E-state index contributed by atoms with van der Waals surface area (Å²) in [7, 11) is 0. The Morgan fingerprint density at radius 1 is 1.30 bits per heavy atom. The van der Waals surface area contributed by atoms with E-state index in [1.807, 2.05) is 4.90 Å². The number of H-pyrrole nitrogens is 1. The van der Waals surface area contributed by atoms with E-state index in [0.717, 1.165) is 57.1 Å². The minimum atomic E-state index is -2.58. The van der Waals surface area contributed by atoms with Crippen molar-refractivity contribution in [2.45, 2.75) is 38.0 Å². The number of piperazine rings is 1. The van der Waals surface area contributed by atoms with Gasteiger partial charge >= 0.3 is 0 Å². The Kier molecular flexibility index (Phi) is 5.16. The van der Waals surface area contributed by atoms with Crippen molar-refractivity contribution >= 4 is 5.82 Å². The van der Waals surface area contributed by atoms with E-state index in [4.69, 9.17) is 0 Å². The molecule has 0 bridgehead atoms. The number of nitrogens with one attached hydrogen (secondary N) is 2. The van der Waals surface area contributed by atoms with Crippen molar-refractivity contribution in [3.8, 4) is 0 Å². The smallest absolute Gasteiger partial charge is 0.260 e. The van der Waals surface area contributed by atoms with Crippen LogP contribution in [0.5, 0.6) is 0 Å². The summed E-state index contributed by atoms with van der Waals surface area (Å²) in [6.45, 7) is 6.77. The summed E-state index contributed by atoms with van der Waals surface area (Å²) >= 11 is 0. The van der Waals surface area contributed by atoms with Gasteiger partial charge in [-0.25, -0.2) is 8.78 Å². The summed E-state index contributed by atoms with van der Waals surface area (Å²) < 4.78 is 27.3. The van der Waals surface area contributed by atoms with Crippen LogP contribution >= 0.6 is 0 Å². The van der Waals surface area contributed by atoms with Crippen LogP contribution in [0.15, 0.2) is 6.07 Å². The number of hydrogen-bond donors (Lipinski definition) is 2. The van der Waals surface area contributed by atoms with Crippen LogP contribution in [-0.4, -0.2) is 66.8 Å². The Morgan fingerprint density at radius 2 is 2.09 bits per heavy atom. The molecule has 2 aliphatic rings. The van der Waals surface area contributed by atoms with Gasteiger partial charge in [-0.2, -0.15) is 5.10 Å². The number of nitrogens with zero attached hydrogens (tertiary/aromatic N) is 3. The van der Waals surface area contributed by atoms with E-state index >= 15 is 0 Å². The molecule has 1 aromatic heterocycles. The van der Waals surface area contributed by atoms with Gasteiger partial charge in [-0.05, 0) is 19.4 Å². The van der Waals surface area contributed by atoms with E-state index in [-0.39, 0.29) is 18.9 Å². The average Bonchev–Trinajstić information content (AvgIpc) is 3.06. The normalized spacial score (nSPS) is 24.1. The molecule has 0 spiro atoms. The summed E-state index contributed by atoms with van der Waals surface area (Å²) in [5.41, 5.74) is 1.09. The van der Waals surface area contributed by atoms with Crippen LogP contribution in [0.1, 0.15) is 37.8 Å². The SMILES string of the molecule is CCC(F)(F)CN1CCC[C@H](c2cc(N3CCNCC3)n[nH]2)C1. The predicted molar refractivity (Wildman–Crippen MR) is 87.3 cm³/mol. The molecule has 0 saturated carbocycles. The highest BCUT2D eigenvalue weighted by Gasteiger charge is 2.32. The molecule has 2 saturated heterocycles. The zero-order valence-electron chi connectivity index (χ0n) is 13.8. The Balaban J connectivity index is 1.61. The minimum Gasteiger partial charge on any atom is -0.353 e. The number of piperidine rings is 1. The predicted octanol–water partition coefficient (Wildman–Crippen LogP) is 2.04. The topological polar surface area (TPSA) is 47.2 Å². The number of anilines is 1. The van der Waals surface area contributed by atoms with E-state index < -0.39 is 5.92 Å². The van der Waals surface area contributed by atoms with Crippen LogP contribution in [0.25, 0.3) is 0 Å². The van der Waals surface area contributed by atoms with Crippen molar-refractivity contribution in [2.24, 2.45) is 0 Å². The van der Waals surface area contributed by atoms with E-state index in [1.165, 1.54) is 0 Å². The summed E-state index contributed by atoms with van der Waals surface area (Å²) in [6, 6.07) is 2.11. The lowest BCUT2D eigenvalue weighted by molar-refractivity contribution is -0.0405. The largest absolute Gasteiger partial charge is 0.353 e. The van der Waals surface area contributed by atoms with Gasteiger partial charge in [-0.1, -0.05) is 6.92 Å². The first-order chi connectivity index (χ1) is 11.1. The van der Waals surface area contributed by atoms with Gasteiger partial charge in [-0.3, -0.25) is 10.00 Å². The Morgan fingerprint density at radius 3 is 2.83 bits per heavy atom. The molecule has 1 aromatic rings. The Hall–Kier alpha value is -1.21. The minimum absolute atomic E-state index is 0.0919. The third-order valence-corrected chi connectivity index (χ3v) is 4.94. The fraction of sp³-hybridized carbons (Fsp3) is 0.812. The van der Waals surface area contributed by atoms with Crippen LogP contribution in [0.4, 0.5) is 14.6 Å². The molecule has 1 atom stereocenters. The molecule has 3 rings (SSSR count). The molecule has 0 unspecified atom stereocenters. The van der Waals surface area contributed by atoms with E-state index in [0.29, 0.717) is 6.54 Å². The standard InChI is InChI=1S/C16H27F2N5/c1-2-16(17,18)12-22-7-3-4-13(11-22)14-10-15(21-20-14)23-8-5-19-6-9-23/h10,13,19H,2-9,11-12H2,1H3,(H,20,21)/t13-/m0/s1. The fourth-order valence-electron chi connectivity index (χ4n) is 3.48. The van der Waals surface area contributed by atoms with Gasteiger partial charge in [0, 0.05) is 56.8 Å². The Bertz CT molecular complexity index is 498. The first-order valence-corrected chi connectivity index (χ1v) is 8.68. The van der Waals surface area contributed by atoms with Crippen molar-refractivity contribution < 1.29 is 8.78 Å². The zero-order chi connectivity index (χ0) is 16.3. The quantitative estimate of drug-likeness (QED) is 0.869.